The molecule has 4 rings (SSSR count). The van der Waals surface area contributed by atoms with Gasteiger partial charge in [-0.05, 0) is 60.6 Å². The molecule has 2 amide bonds. The van der Waals surface area contributed by atoms with Crippen LogP contribution in [0.15, 0.2) is 65.6 Å². The van der Waals surface area contributed by atoms with E-state index in [1.165, 1.54) is 22.9 Å². The van der Waals surface area contributed by atoms with Crippen LogP contribution in [0, 0.1) is 18.8 Å². The number of aryl methyl sites for hydroxylation is 1. The molecule has 0 saturated carbocycles. The molecular formula is C28H30ClN3O3. The fourth-order valence-electron chi connectivity index (χ4n) is 4.69. The first-order valence-electron chi connectivity index (χ1n) is 11.9. The topological polar surface area (TPSA) is 71.4 Å². The van der Waals surface area contributed by atoms with Gasteiger partial charge in [0, 0.05) is 41.6 Å². The number of piperidine rings is 1. The molecule has 3 aromatic rings. The highest BCUT2D eigenvalue weighted by Gasteiger charge is 2.26. The number of hydrogen-bond donors (Lipinski definition) is 1. The van der Waals surface area contributed by atoms with Gasteiger partial charge in [-0.1, -0.05) is 49.7 Å². The number of pyridine rings is 1. The molecule has 2 unspecified atom stereocenters. The molecule has 1 N–H and O–H groups in total. The lowest BCUT2D eigenvalue weighted by Gasteiger charge is -2.35. The predicted molar refractivity (Wildman–Crippen MR) is 139 cm³/mol. The molecule has 1 aromatic heterocycles. The van der Waals surface area contributed by atoms with Crippen LogP contribution in [-0.2, 0) is 6.54 Å². The van der Waals surface area contributed by atoms with E-state index in [1.54, 1.807) is 18.2 Å². The van der Waals surface area contributed by atoms with Crippen LogP contribution in [0.4, 0.5) is 5.69 Å². The Labute approximate surface area is 210 Å². The van der Waals surface area contributed by atoms with E-state index in [-0.39, 0.29) is 23.9 Å². The Bertz CT molecular complexity index is 1310. The van der Waals surface area contributed by atoms with Crippen molar-refractivity contribution in [2.75, 3.05) is 18.4 Å². The number of rotatable bonds is 5. The molecule has 0 spiro atoms. The minimum absolute atomic E-state index is 0.0211. The molecule has 0 radical (unpaired) electrons. The molecule has 6 nitrogen and oxygen atoms in total. The first kappa shape index (κ1) is 24.7. The normalized spacial score (nSPS) is 17.8. The minimum atomic E-state index is -0.356. The maximum Gasteiger partial charge on any atom is 0.257 e. The first-order chi connectivity index (χ1) is 16.7. The Balaban J connectivity index is 1.53. The summed E-state index contributed by atoms with van der Waals surface area (Å²) in [5.41, 5.74) is 2.87. The Morgan fingerprint density at radius 1 is 1.00 bits per heavy atom. The third-order valence-electron chi connectivity index (χ3n) is 6.43. The summed E-state index contributed by atoms with van der Waals surface area (Å²) >= 11 is 6.24. The van der Waals surface area contributed by atoms with Crippen LogP contribution in [0.25, 0.3) is 0 Å². The average molecular weight is 492 g/mol. The minimum Gasteiger partial charge on any atom is -0.338 e. The van der Waals surface area contributed by atoms with Crippen molar-refractivity contribution in [1.82, 2.24) is 9.47 Å². The second-order valence-electron chi connectivity index (χ2n) is 9.62. The highest BCUT2D eigenvalue weighted by Crippen LogP contribution is 2.25. The zero-order valence-electron chi connectivity index (χ0n) is 20.3. The van der Waals surface area contributed by atoms with Gasteiger partial charge in [-0.25, -0.2) is 0 Å². The van der Waals surface area contributed by atoms with Crippen molar-refractivity contribution in [2.24, 2.45) is 11.8 Å². The number of hydrogen-bond acceptors (Lipinski definition) is 3. The van der Waals surface area contributed by atoms with Gasteiger partial charge >= 0.3 is 0 Å². The van der Waals surface area contributed by atoms with Crippen LogP contribution in [0.1, 0.15) is 52.1 Å². The first-order valence-corrected chi connectivity index (χ1v) is 12.2. The summed E-state index contributed by atoms with van der Waals surface area (Å²) in [4.78, 5) is 40.5. The van der Waals surface area contributed by atoms with Crippen LogP contribution < -0.4 is 10.9 Å². The van der Waals surface area contributed by atoms with Gasteiger partial charge in [-0.3, -0.25) is 14.4 Å². The van der Waals surface area contributed by atoms with E-state index in [2.05, 4.69) is 19.2 Å². The number of aromatic nitrogens is 1. The van der Waals surface area contributed by atoms with Crippen molar-refractivity contribution in [1.29, 1.82) is 0 Å². The number of amides is 2. The van der Waals surface area contributed by atoms with Crippen LogP contribution in [0.2, 0.25) is 5.02 Å². The lowest BCUT2D eigenvalue weighted by Crippen LogP contribution is -2.42. The smallest absolute Gasteiger partial charge is 0.257 e. The number of likely N-dealkylation sites (tertiary alicyclic amines) is 1. The second-order valence-corrected chi connectivity index (χ2v) is 10.0. The van der Waals surface area contributed by atoms with E-state index in [4.69, 9.17) is 11.6 Å². The maximum atomic E-state index is 13.2. The number of benzene rings is 2. The standard InChI is InChI=1S/C28H30ClN3O3/c1-18-12-19(2)15-32(14-18)28(35)21-9-8-20(3)25(13-21)30-27(34)23-10-11-26(33)31(17-23)16-22-6-4-5-7-24(22)29/h4-11,13,17-19H,12,14-16H2,1-3H3,(H,30,34). The number of carbonyl (C=O) groups excluding carboxylic acids is 2. The molecular weight excluding hydrogens is 462 g/mol. The average Bonchev–Trinajstić information content (AvgIpc) is 2.82. The van der Waals surface area contributed by atoms with E-state index in [9.17, 15) is 14.4 Å². The van der Waals surface area contributed by atoms with Crippen molar-refractivity contribution in [3.63, 3.8) is 0 Å². The molecule has 2 aromatic carbocycles. The lowest BCUT2D eigenvalue weighted by molar-refractivity contribution is 0.0623. The summed E-state index contributed by atoms with van der Waals surface area (Å²) in [6, 6.07) is 15.5. The highest BCUT2D eigenvalue weighted by atomic mass is 35.5. The van der Waals surface area contributed by atoms with Crippen LogP contribution in [-0.4, -0.2) is 34.4 Å². The third kappa shape index (κ3) is 5.82. The quantitative estimate of drug-likeness (QED) is 0.531. The Kier molecular flexibility index (Phi) is 7.41. The van der Waals surface area contributed by atoms with Gasteiger partial charge in [0.05, 0.1) is 12.1 Å². The van der Waals surface area contributed by atoms with Gasteiger partial charge in [-0.15, -0.1) is 0 Å². The van der Waals surface area contributed by atoms with E-state index >= 15 is 0 Å². The second kappa shape index (κ2) is 10.5. The summed E-state index contributed by atoms with van der Waals surface area (Å²) in [5.74, 6) is 0.556. The molecule has 0 bridgehead atoms. The van der Waals surface area contributed by atoms with Crippen LogP contribution >= 0.6 is 11.6 Å². The zero-order valence-corrected chi connectivity index (χ0v) is 21.0. The number of nitrogens with one attached hydrogen (secondary N) is 1. The summed E-state index contributed by atoms with van der Waals surface area (Å²) in [6.45, 7) is 7.96. The number of carbonyl (C=O) groups is 2. The van der Waals surface area contributed by atoms with Crippen LogP contribution in [0.3, 0.4) is 0 Å². The van der Waals surface area contributed by atoms with Gasteiger partial charge in [0.2, 0.25) is 0 Å². The van der Waals surface area contributed by atoms with Crippen LogP contribution in [0.5, 0.6) is 0 Å². The molecule has 7 heteroatoms. The highest BCUT2D eigenvalue weighted by molar-refractivity contribution is 6.31. The molecule has 1 aliphatic heterocycles. The third-order valence-corrected chi connectivity index (χ3v) is 6.80. The molecule has 2 atom stereocenters. The van der Waals surface area contributed by atoms with Gasteiger partial charge in [0.25, 0.3) is 17.4 Å². The Morgan fingerprint density at radius 2 is 1.69 bits per heavy atom. The van der Waals surface area contributed by atoms with E-state index < -0.39 is 0 Å². The maximum absolute atomic E-state index is 13.2. The Morgan fingerprint density at radius 3 is 2.40 bits per heavy atom. The van der Waals surface area contributed by atoms with E-state index in [0.717, 1.165) is 30.6 Å². The van der Waals surface area contributed by atoms with E-state index in [0.29, 0.717) is 33.7 Å². The fourth-order valence-corrected chi connectivity index (χ4v) is 4.89. The summed E-state index contributed by atoms with van der Waals surface area (Å²) in [5, 5.41) is 3.47. The van der Waals surface area contributed by atoms with Crippen molar-refractivity contribution in [3.05, 3.63) is 98.4 Å². The molecule has 182 valence electrons. The van der Waals surface area contributed by atoms with Gasteiger partial charge in [0.1, 0.15) is 0 Å². The molecule has 1 saturated heterocycles. The van der Waals surface area contributed by atoms with Gasteiger partial charge < -0.3 is 14.8 Å². The largest absolute Gasteiger partial charge is 0.338 e. The number of nitrogens with zero attached hydrogens (tertiary/aromatic N) is 2. The van der Waals surface area contributed by atoms with Crippen molar-refractivity contribution in [2.45, 2.75) is 33.7 Å². The van der Waals surface area contributed by atoms with Crippen molar-refractivity contribution < 1.29 is 9.59 Å². The monoisotopic (exact) mass is 491 g/mol. The number of halogens is 1. The summed E-state index contributed by atoms with van der Waals surface area (Å²) in [7, 11) is 0. The summed E-state index contributed by atoms with van der Waals surface area (Å²) < 4.78 is 1.46. The Hall–Kier alpha value is -3.38. The SMILES string of the molecule is Cc1ccc(C(=O)N2CC(C)CC(C)C2)cc1NC(=O)c1ccc(=O)n(Cc2ccccc2Cl)c1. The van der Waals surface area contributed by atoms with Crippen molar-refractivity contribution in [3.8, 4) is 0 Å². The molecule has 1 fully saturated rings. The summed E-state index contributed by atoms with van der Waals surface area (Å²) in [6.07, 6.45) is 2.65. The van der Waals surface area contributed by atoms with Gasteiger partial charge in [-0.2, -0.15) is 0 Å². The zero-order chi connectivity index (χ0) is 25.1. The predicted octanol–water partition coefficient (Wildman–Crippen LogP) is 5.23. The van der Waals surface area contributed by atoms with Gasteiger partial charge in [0.15, 0.2) is 0 Å². The van der Waals surface area contributed by atoms with Crippen molar-refractivity contribution >= 4 is 29.1 Å². The number of anilines is 1. The molecule has 0 aliphatic carbocycles. The fraction of sp³-hybridized carbons (Fsp3) is 0.321. The molecule has 2 heterocycles. The lowest BCUT2D eigenvalue weighted by atomic mass is 9.91. The molecule has 35 heavy (non-hydrogen) atoms. The van der Waals surface area contributed by atoms with E-state index in [1.807, 2.05) is 36.1 Å². The molecule has 1 aliphatic rings.